The fourth-order valence-electron chi connectivity index (χ4n) is 0.841. The van der Waals surface area contributed by atoms with Crippen molar-refractivity contribution in [2.45, 2.75) is 0 Å². The van der Waals surface area contributed by atoms with Crippen LogP contribution in [0.5, 0.6) is 0 Å². The first kappa shape index (κ1) is 7.48. The molecule has 0 atom stereocenters. The number of rotatable bonds is 0. The molecule has 50 valence electrons. The van der Waals surface area contributed by atoms with Crippen molar-refractivity contribution in [3.05, 3.63) is 30.5 Å². The van der Waals surface area contributed by atoms with Gasteiger partial charge in [0.25, 0.3) is 0 Å². The van der Waals surface area contributed by atoms with Gasteiger partial charge in [-0.05, 0) is 5.39 Å². The van der Waals surface area contributed by atoms with Crippen molar-refractivity contribution in [3.8, 4) is 0 Å². The van der Waals surface area contributed by atoms with Gasteiger partial charge in [-0.15, -0.1) is 5.52 Å². The second-order valence-electron chi connectivity index (χ2n) is 1.90. The van der Waals surface area contributed by atoms with Gasteiger partial charge in [-0.2, -0.15) is 0 Å². The molecule has 2 aromatic rings. The van der Waals surface area contributed by atoms with Crippen LogP contribution in [0.25, 0.3) is 10.9 Å². The Balaban J connectivity index is 0.000000500. The van der Waals surface area contributed by atoms with Gasteiger partial charge >= 0.3 is 0 Å². The van der Waals surface area contributed by atoms with E-state index in [-0.39, 0.29) is 21.1 Å². The molecular formula is C7H5N2W-. The van der Waals surface area contributed by atoms with Gasteiger partial charge in [0, 0.05) is 27.3 Å². The third-order valence-electron chi connectivity index (χ3n) is 1.30. The zero-order valence-corrected chi connectivity index (χ0v) is 8.12. The van der Waals surface area contributed by atoms with Crippen LogP contribution in [0.3, 0.4) is 0 Å². The Kier molecular flexibility index (Phi) is 2.23. The Hall–Kier alpha value is -0.622. The van der Waals surface area contributed by atoms with Crippen molar-refractivity contribution < 1.29 is 21.1 Å². The van der Waals surface area contributed by atoms with Gasteiger partial charge in [-0.1, -0.05) is 24.3 Å². The molecular weight excluding hydrogens is 296 g/mol. The van der Waals surface area contributed by atoms with Crippen LogP contribution in [0, 0.1) is 0 Å². The van der Waals surface area contributed by atoms with Crippen molar-refractivity contribution in [1.29, 1.82) is 0 Å². The predicted molar refractivity (Wildman–Crippen MR) is 35.1 cm³/mol. The molecule has 0 N–H and O–H groups in total. The van der Waals surface area contributed by atoms with Crippen molar-refractivity contribution >= 4 is 10.9 Å². The first-order valence-electron chi connectivity index (χ1n) is 2.80. The van der Waals surface area contributed by atoms with E-state index in [4.69, 9.17) is 0 Å². The van der Waals surface area contributed by atoms with E-state index >= 15 is 0 Å². The molecule has 10 heavy (non-hydrogen) atoms. The Morgan fingerprint density at radius 3 is 2.80 bits per heavy atom. The maximum atomic E-state index is 3.87. The summed E-state index contributed by atoms with van der Waals surface area (Å²) in [5, 5.41) is 8.73. The molecule has 3 heteroatoms. The van der Waals surface area contributed by atoms with Crippen LogP contribution >= 0.6 is 0 Å². The van der Waals surface area contributed by atoms with Gasteiger partial charge in [0.05, 0.1) is 0 Å². The third kappa shape index (κ3) is 1.12. The molecule has 0 saturated carbocycles. The van der Waals surface area contributed by atoms with Gasteiger partial charge in [0.2, 0.25) is 0 Å². The first-order chi connectivity index (χ1) is 4.47. The molecule has 1 heterocycles. The Labute approximate surface area is 72.9 Å². The minimum atomic E-state index is 0. The summed E-state index contributed by atoms with van der Waals surface area (Å²) in [5.74, 6) is 0. The van der Waals surface area contributed by atoms with Crippen LogP contribution in [0.1, 0.15) is 0 Å². The Bertz CT molecular complexity index is 286. The summed E-state index contributed by atoms with van der Waals surface area (Å²) in [6, 6.07) is 7.88. The fraction of sp³-hybridized carbons (Fsp3) is 0. The van der Waals surface area contributed by atoms with Crippen LogP contribution in [0.2, 0.25) is 0 Å². The molecule has 2 rings (SSSR count). The number of nitrogens with zero attached hydrogens (tertiary/aromatic N) is 2. The van der Waals surface area contributed by atoms with E-state index in [1.54, 1.807) is 6.20 Å². The standard InChI is InChI=1S/C7H5N2.W/c1-2-4-7-6(3-1)5-8-9-7;/h1-5H;/q-1;. The van der Waals surface area contributed by atoms with E-state index in [1.807, 2.05) is 24.3 Å². The molecule has 0 fully saturated rings. The summed E-state index contributed by atoms with van der Waals surface area (Å²) in [5.41, 5.74) is 0.970. The summed E-state index contributed by atoms with van der Waals surface area (Å²) >= 11 is 0. The quantitative estimate of drug-likeness (QED) is 0.731. The van der Waals surface area contributed by atoms with E-state index in [1.165, 1.54) is 0 Å². The first-order valence-corrected chi connectivity index (χ1v) is 2.80. The van der Waals surface area contributed by atoms with Crippen molar-refractivity contribution in [2.75, 3.05) is 0 Å². The number of hydrogen-bond acceptors (Lipinski definition) is 1. The average molecular weight is 301 g/mol. The van der Waals surface area contributed by atoms with Crippen molar-refractivity contribution in [1.82, 2.24) is 10.2 Å². The zero-order valence-electron chi connectivity index (χ0n) is 5.19. The van der Waals surface area contributed by atoms with Gasteiger partial charge in [-0.25, -0.2) is 0 Å². The number of hydrogen-bond donors (Lipinski definition) is 0. The molecule has 0 bridgehead atoms. The van der Waals surface area contributed by atoms with Crippen LogP contribution in [-0.2, 0) is 21.1 Å². The van der Waals surface area contributed by atoms with Gasteiger partial charge in [0.15, 0.2) is 0 Å². The van der Waals surface area contributed by atoms with Crippen LogP contribution < -0.4 is 5.10 Å². The summed E-state index contributed by atoms with van der Waals surface area (Å²) in [7, 11) is 0. The van der Waals surface area contributed by atoms with Crippen LogP contribution in [0.4, 0.5) is 0 Å². The minimum absolute atomic E-state index is 0. The maximum absolute atomic E-state index is 3.87. The molecule has 0 unspecified atom stereocenters. The monoisotopic (exact) mass is 301 g/mol. The molecule has 0 amide bonds. The predicted octanol–water partition coefficient (Wildman–Crippen LogP) is 1.19. The molecule has 1 aromatic carbocycles. The number of benzene rings is 1. The SMILES string of the molecule is [W].c1ccc2[n-]ncc2c1. The molecule has 0 aliphatic carbocycles. The Morgan fingerprint density at radius 1 is 1.20 bits per heavy atom. The summed E-state index contributed by atoms with van der Waals surface area (Å²) < 4.78 is 0. The number of aromatic nitrogens is 2. The van der Waals surface area contributed by atoms with E-state index < -0.39 is 0 Å². The molecule has 2 nitrogen and oxygen atoms in total. The smallest absolute Gasteiger partial charge is 0.00986 e. The largest absolute Gasteiger partial charge is 0.575 e. The molecule has 0 spiro atoms. The van der Waals surface area contributed by atoms with E-state index in [2.05, 4.69) is 10.2 Å². The van der Waals surface area contributed by atoms with Gasteiger partial charge in [-0.3, -0.25) is 0 Å². The summed E-state index contributed by atoms with van der Waals surface area (Å²) in [6.45, 7) is 0. The maximum Gasteiger partial charge on any atom is 0.00986 e. The van der Waals surface area contributed by atoms with E-state index in [0.29, 0.717) is 0 Å². The summed E-state index contributed by atoms with van der Waals surface area (Å²) in [4.78, 5) is 0. The van der Waals surface area contributed by atoms with Crippen LogP contribution in [-0.4, -0.2) is 5.10 Å². The zero-order chi connectivity index (χ0) is 6.10. The average Bonchev–Trinajstić information content (AvgIpc) is 2.33. The number of fused-ring (bicyclic) bond motifs is 1. The molecule has 0 saturated heterocycles. The molecule has 0 aliphatic rings. The summed E-state index contributed by atoms with van der Waals surface area (Å²) in [6.07, 6.45) is 1.76. The second-order valence-corrected chi connectivity index (χ2v) is 1.90. The van der Waals surface area contributed by atoms with E-state index in [0.717, 1.165) is 10.9 Å². The normalized spacial score (nSPS) is 9.20. The van der Waals surface area contributed by atoms with E-state index in [9.17, 15) is 0 Å². The fourth-order valence-corrected chi connectivity index (χ4v) is 0.841. The minimum Gasteiger partial charge on any atom is -0.575 e. The Morgan fingerprint density at radius 2 is 2.00 bits per heavy atom. The van der Waals surface area contributed by atoms with Crippen molar-refractivity contribution in [3.63, 3.8) is 0 Å². The van der Waals surface area contributed by atoms with Crippen LogP contribution in [0.15, 0.2) is 30.5 Å². The third-order valence-corrected chi connectivity index (χ3v) is 1.30. The topological polar surface area (TPSA) is 27.0 Å². The van der Waals surface area contributed by atoms with Gasteiger partial charge < -0.3 is 10.2 Å². The van der Waals surface area contributed by atoms with Crippen molar-refractivity contribution in [2.24, 2.45) is 0 Å². The second kappa shape index (κ2) is 2.98. The molecule has 0 radical (unpaired) electrons. The molecule has 1 aromatic heterocycles. The van der Waals surface area contributed by atoms with Gasteiger partial charge in [0.1, 0.15) is 0 Å². The molecule has 0 aliphatic heterocycles.